The summed E-state index contributed by atoms with van der Waals surface area (Å²) in [6.07, 6.45) is 0.647. The van der Waals surface area contributed by atoms with Crippen molar-refractivity contribution in [3.63, 3.8) is 0 Å². The number of ketones is 1. The van der Waals surface area contributed by atoms with Gasteiger partial charge in [0.15, 0.2) is 6.10 Å². The van der Waals surface area contributed by atoms with Gasteiger partial charge in [-0.3, -0.25) is 4.79 Å². The molecule has 1 atom stereocenters. The van der Waals surface area contributed by atoms with Crippen LogP contribution >= 0.6 is 22.6 Å². The Hall–Kier alpha value is -2.93. The van der Waals surface area contributed by atoms with Gasteiger partial charge in [-0.1, -0.05) is 48.5 Å². The molecule has 5 heteroatoms. The van der Waals surface area contributed by atoms with Crippen LogP contribution in [-0.4, -0.2) is 16.7 Å². The predicted molar refractivity (Wildman–Crippen MR) is 116 cm³/mol. The number of nitrogens with one attached hydrogen (secondary N) is 1. The molecule has 3 aromatic carbocycles. The first-order valence-corrected chi connectivity index (χ1v) is 9.83. The molecule has 0 spiro atoms. The van der Waals surface area contributed by atoms with Crippen molar-refractivity contribution in [3.05, 3.63) is 105 Å². The normalized spacial score (nSPS) is 11.9. The van der Waals surface area contributed by atoms with Crippen molar-refractivity contribution in [1.82, 2.24) is 4.98 Å². The van der Waals surface area contributed by atoms with Gasteiger partial charge in [-0.25, -0.2) is 4.79 Å². The number of H-pyrrole nitrogens is 1. The standard InChI is InChI=1S/C23H16INO3/c24-17-12-10-16(11-13-17)23(27)28-22(15-6-2-1-3-7-15)21(26)19-14-25-20-9-5-4-8-18(19)20/h1-14,22,25H/t22-/m0/s1. The number of esters is 1. The maximum atomic E-state index is 13.3. The second-order valence-corrected chi connectivity index (χ2v) is 7.56. The smallest absolute Gasteiger partial charge is 0.339 e. The third-order valence-corrected chi connectivity index (χ3v) is 5.22. The maximum Gasteiger partial charge on any atom is 0.339 e. The van der Waals surface area contributed by atoms with Crippen LogP contribution in [0.15, 0.2) is 85.1 Å². The third kappa shape index (κ3) is 3.71. The van der Waals surface area contributed by atoms with E-state index in [1.165, 1.54) is 0 Å². The van der Waals surface area contributed by atoms with Crippen molar-refractivity contribution in [2.24, 2.45) is 0 Å². The first-order valence-electron chi connectivity index (χ1n) is 8.75. The summed E-state index contributed by atoms with van der Waals surface area (Å²) in [4.78, 5) is 29.1. The molecule has 0 saturated heterocycles. The lowest BCUT2D eigenvalue weighted by Crippen LogP contribution is -2.20. The van der Waals surface area contributed by atoms with Crippen molar-refractivity contribution in [1.29, 1.82) is 0 Å². The van der Waals surface area contributed by atoms with E-state index in [4.69, 9.17) is 4.74 Å². The number of aromatic nitrogens is 1. The average Bonchev–Trinajstić information content (AvgIpc) is 3.17. The summed E-state index contributed by atoms with van der Waals surface area (Å²) in [5.41, 5.74) is 2.41. The number of carbonyl (C=O) groups is 2. The van der Waals surface area contributed by atoms with E-state index in [0.29, 0.717) is 16.7 Å². The van der Waals surface area contributed by atoms with Crippen molar-refractivity contribution in [3.8, 4) is 0 Å². The average molecular weight is 481 g/mol. The maximum absolute atomic E-state index is 13.3. The van der Waals surface area contributed by atoms with Gasteiger partial charge in [0.1, 0.15) is 0 Å². The molecule has 28 heavy (non-hydrogen) atoms. The fourth-order valence-electron chi connectivity index (χ4n) is 3.08. The Kier molecular flexibility index (Phi) is 5.25. The minimum atomic E-state index is -1.02. The number of para-hydroxylation sites is 1. The molecule has 0 fully saturated rings. The van der Waals surface area contributed by atoms with E-state index in [-0.39, 0.29) is 5.78 Å². The number of aromatic amines is 1. The lowest BCUT2D eigenvalue weighted by atomic mass is 9.99. The molecule has 4 aromatic rings. The van der Waals surface area contributed by atoms with E-state index in [9.17, 15) is 9.59 Å². The number of halogens is 1. The third-order valence-electron chi connectivity index (χ3n) is 4.50. The molecule has 0 amide bonds. The number of hydrogen-bond acceptors (Lipinski definition) is 3. The number of hydrogen-bond donors (Lipinski definition) is 1. The molecule has 0 bridgehead atoms. The van der Waals surface area contributed by atoms with E-state index < -0.39 is 12.1 Å². The molecule has 0 unspecified atom stereocenters. The van der Waals surface area contributed by atoms with Crippen LogP contribution in [0.5, 0.6) is 0 Å². The zero-order valence-electron chi connectivity index (χ0n) is 14.8. The summed E-state index contributed by atoms with van der Waals surface area (Å²) in [5.74, 6) is -0.791. The SMILES string of the molecule is O=C(O[C@H](C(=O)c1c[nH]c2ccccc12)c1ccccc1)c1ccc(I)cc1. The number of fused-ring (bicyclic) bond motifs is 1. The Morgan fingerprint density at radius 2 is 1.54 bits per heavy atom. The second kappa shape index (κ2) is 7.98. The molecule has 0 aliphatic carbocycles. The van der Waals surface area contributed by atoms with Crippen LogP contribution in [0, 0.1) is 3.57 Å². The van der Waals surface area contributed by atoms with Gasteiger partial charge in [-0.15, -0.1) is 0 Å². The molecule has 0 radical (unpaired) electrons. The minimum absolute atomic E-state index is 0.262. The van der Waals surface area contributed by atoms with E-state index in [1.54, 1.807) is 30.5 Å². The summed E-state index contributed by atoms with van der Waals surface area (Å²) in [7, 11) is 0. The molecule has 1 N–H and O–H groups in total. The van der Waals surface area contributed by atoms with Gasteiger partial charge in [0, 0.05) is 31.8 Å². The second-order valence-electron chi connectivity index (χ2n) is 6.32. The summed E-state index contributed by atoms with van der Waals surface area (Å²) >= 11 is 2.17. The van der Waals surface area contributed by atoms with Gasteiger partial charge in [0.2, 0.25) is 5.78 Å². The highest BCUT2D eigenvalue weighted by Gasteiger charge is 2.28. The first-order chi connectivity index (χ1) is 13.6. The quantitative estimate of drug-likeness (QED) is 0.231. The van der Waals surface area contributed by atoms with Crippen LogP contribution in [0.1, 0.15) is 32.4 Å². The Morgan fingerprint density at radius 1 is 0.857 bits per heavy atom. The zero-order valence-corrected chi connectivity index (χ0v) is 16.9. The molecule has 4 rings (SSSR count). The first kappa shape index (κ1) is 18.4. The fraction of sp³-hybridized carbons (Fsp3) is 0.0435. The van der Waals surface area contributed by atoms with Crippen LogP contribution < -0.4 is 0 Å². The van der Waals surface area contributed by atoms with Crippen molar-refractivity contribution < 1.29 is 14.3 Å². The molecule has 1 aromatic heterocycles. The number of carbonyl (C=O) groups excluding carboxylic acids is 2. The minimum Gasteiger partial charge on any atom is -0.445 e. The molecule has 1 heterocycles. The lowest BCUT2D eigenvalue weighted by Gasteiger charge is -2.17. The summed E-state index contributed by atoms with van der Waals surface area (Å²) in [6, 6.07) is 23.7. The number of ether oxygens (including phenoxy) is 1. The van der Waals surface area contributed by atoms with E-state index >= 15 is 0 Å². The number of benzene rings is 3. The molecule has 138 valence electrons. The van der Waals surface area contributed by atoms with Gasteiger partial charge in [0.05, 0.1) is 5.56 Å². The Morgan fingerprint density at radius 3 is 2.29 bits per heavy atom. The van der Waals surface area contributed by atoms with Crippen LogP contribution in [0.4, 0.5) is 0 Å². The monoisotopic (exact) mass is 481 g/mol. The van der Waals surface area contributed by atoms with E-state index in [0.717, 1.165) is 14.5 Å². The van der Waals surface area contributed by atoms with Crippen LogP contribution in [0.2, 0.25) is 0 Å². The van der Waals surface area contributed by atoms with Crippen molar-refractivity contribution >= 4 is 45.2 Å². The predicted octanol–water partition coefficient (Wildman–Crippen LogP) is 5.55. The van der Waals surface area contributed by atoms with Gasteiger partial charge in [-0.2, -0.15) is 0 Å². The van der Waals surface area contributed by atoms with Gasteiger partial charge in [0.25, 0.3) is 0 Å². The zero-order chi connectivity index (χ0) is 19.5. The lowest BCUT2D eigenvalue weighted by molar-refractivity contribution is 0.0280. The molecule has 0 saturated carbocycles. The summed E-state index contributed by atoms with van der Waals surface area (Å²) in [5, 5.41) is 0.804. The van der Waals surface area contributed by atoms with Crippen LogP contribution in [-0.2, 0) is 4.74 Å². The Balaban J connectivity index is 1.70. The topological polar surface area (TPSA) is 59.2 Å². The van der Waals surface area contributed by atoms with Gasteiger partial charge < -0.3 is 9.72 Å². The van der Waals surface area contributed by atoms with Crippen LogP contribution in [0.25, 0.3) is 10.9 Å². The number of Topliss-reactive ketones (excluding diaryl/α,β-unsaturated/α-hetero) is 1. The molecular weight excluding hydrogens is 465 g/mol. The van der Waals surface area contributed by atoms with Crippen LogP contribution in [0.3, 0.4) is 0 Å². The summed E-state index contributed by atoms with van der Waals surface area (Å²) in [6.45, 7) is 0. The molecule has 4 nitrogen and oxygen atoms in total. The largest absolute Gasteiger partial charge is 0.445 e. The Bertz CT molecular complexity index is 1130. The highest BCUT2D eigenvalue weighted by atomic mass is 127. The molecular formula is C23H16INO3. The van der Waals surface area contributed by atoms with Crippen molar-refractivity contribution in [2.45, 2.75) is 6.10 Å². The van der Waals surface area contributed by atoms with Crippen molar-refractivity contribution in [2.75, 3.05) is 0 Å². The highest BCUT2D eigenvalue weighted by Crippen LogP contribution is 2.28. The molecule has 0 aliphatic rings. The van der Waals surface area contributed by atoms with Gasteiger partial charge >= 0.3 is 5.97 Å². The van der Waals surface area contributed by atoms with E-state index in [2.05, 4.69) is 27.6 Å². The highest BCUT2D eigenvalue weighted by molar-refractivity contribution is 14.1. The number of rotatable bonds is 5. The van der Waals surface area contributed by atoms with Gasteiger partial charge in [-0.05, 0) is 52.9 Å². The van der Waals surface area contributed by atoms with E-state index in [1.807, 2.05) is 54.6 Å². The Labute approximate surface area is 175 Å². The fourth-order valence-corrected chi connectivity index (χ4v) is 3.44. The summed E-state index contributed by atoms with van der Waals surface area (Å²) < 4.78 is 6.71. The molecule has 0 aliphatic heterocycles.